The summed E-state index contributed by atoms with van der Waals surface area (Å²) in [7, 11) is 0. The maximum Gasteiger partial charge on any atom is 0.174 e. The molecule has 154 valence electrons. The lowest BCUT2D eigenvalue weighted by molar-refractivity contribution is 0.356. The normalized spacial score (nSPS) is 13.7. The maximum atomic E-state index is 6.11. The number of benzene rings is 1. The van der Waals surface area contributed by atoms with Crippen molar-refractivity contribution in [3.05, 3.63) is 33.5 Å². The molecule has 1 aliphatic heterocycles. The van der Waals surface area contributed by atoms with Gasteiger partial charge in [-0.05, 0) is 51.8 Å². The number of halogens is 1. The van der Waals surface area contributed by atoms with E-state index in [-0.39, 0.29) is 5.41 Å². The Hall–Kier alpha value is -1.52. The van der Waals surface area contributed by atoms with E-state index in [0.717, 1.165) is 59.5 Å². The number of imidazole rings is 1. The number of nitrogens with zero attached hydrogens (tertiary/aromatic N) is 3. The van der Waals surface area contributed by atoms with Gasteiger partial charge in [-0.2, -0.15) is 0 Å². The average molecular weight is 527 g/mol. The monoisotopic (exact) mass is 527 g/mol. The lowest BCUT2D eigenvalue weighted by Gasteiger charge is -2.19. The molecule has 6 nitrogen and oxygen atoms in total. The van der Waals surface area contributed by atoms with Crippen molar-refractivity contribution < 1.29 is 4.74 Å². The molecule has 0 radical (unpaired) electrons. The van der Waals surface area contributed by atoms with E-state index in [1.54, 1.807) is 18.0 Å². The van der Waals surface area contributed by atoms with Crippen molar-refractivity contribution in [2.75, 3.05) is 25.4 Å². The van der Waals surface area contributed by atoms with Gasteiger partial charge in [0.25, 0.3) is 0 Å². The van der Waals surface area contributed by atoms with Crippen molar-refractivity contribution in [1.82, 2.24) is 19.9 Å². The summed E-state index contributed by atoms with van der Waals surface area (Å²) in [5.41, 5.74) is 9.43. The van der Waals surface area contributed by atoms with Crippen LogP contribution in [0.1, 0.15) is 26.3 Å². The highest BCUT2D eigenvalue weighted by Gasteiger charge is 2.19. The van der Waals surface area contributed by atoms with E-state index < -0.39 is 0 Å². The summed E-state index contributed by atoms with van der Waals surface area (Å²) in [5, 5.41) is 4.48. The summed E-state index contributed by atoms with van der Waals surface area (Å²) in [4.78, 5) is 10.2. The topological polar surface area (TPSA) is 78.0 Å². The summed E-state index contributed by atoms with van der Waals surface area (Å²) in [6.07, 6.45) is 2.73. The fraction of sp³-hybridized carbons (Fsp3) is 0.429. The van der Waals surface area contributed by atoms with Gasteiger partial charge in [-0.3, -0.25) is 0 Å². The van der Waals surface area contributed by atoms with Crippen molar-refractivity contribution in [3.63, 3.8) is 0 Å². The van der Waals surface area contributed by atoms with Crippen LogP contribution in [-0.2, 0) is 13.0 Å². The molecule has 0 spiro atoms. The number of pyridine rings is 1. The predicted molar refractivity (Wildman–Crippen MR) is 127 cm³/mol. The van der Waals surface area contributed by atoms with E-state index in [9.17, 15) is 0 Å². The molecular weight excluding hydrogens is 501 g/mol. The molecule has 4 rings (SSSR count). The summed E-state index contributed by atoms with van der Waals surface area (Å²) >= 11 is 4.06. The summed E-state index contributed by atoms with van der Waals surface area (Å²) in [6.45, 7) is 10.1. The third-order valence-corrected chi connectivity index (χ3v) is 7.08. The molecule has 0 atom stereocenters. The second-order valence-electron chi connectivity index (χ2n) is 8.44. The molecular formula is C21H26IN5OS. The Morgan fingerprint density at radius 1 is 1.34 bits per heavy atom. The van der Waals surface area contributed by atoms with E-state index in [1.807, 2.05) is 6.07 Å². The van der Waals surface area contributed by atoms with Crippen LogP contribution in [0.2, 0.25) is 0 Å². The van der Waals surface area contributed by atoms with Gasteiger partial charge in [0.1, 0.15) is 11.3 Å². The quantitative estimate of drug-likeness (QED) is 0.367. The number of hydrogen-bond donors (Lipinski definition) is 2. The largest absolute Gasteiger partial charge is 0.493 e. The number of hydrogen-bond acceptors (Lipinski definition) is 6. The van der Waals surface area contributed by atoms with Crippen LogP contribution < -0.4 is 15.8 Å². The van der Waals surface area contributed by atoms with Gasteiger partial charge in [-0.25, -0.2) is 9.97 Å². The molecule has 0 fully saturated rings. The maximum absolute atomic E-state index is 6.11. The van der Waals surface area contributed by atoms with Gasteiger partial charge in [0.15, 0.2) is 11.0 Å². The third-order valence-electron chi connectivity index (χ3n) is 4.77. The first-order chi connectivity index (χ1) is 13.8. The highest BCUT2D eigenvalue weighted by molar-refractivity contribution is 14.1. The Balaban J connectivity index is 1.64. The minimum atomic E-state index is 0.253. The first kappa shape index (κ1) is 20.7. The van der Waals surface area contributed by atoms with Crippen molar-refractivity contribution >= 4 is 51.2 Å². The number of anilines is 1. The second-order valence-corrected chi connectivity index (χ2v) is 10.6. The fourth-order valence-corrected chi connectivity index (χ4v) is 5.17. The van der Waals surface area contributed by atoms with Gasteiger partial charge in [-0.1, -0.05) is 32.5 Å². The van der Waals surface area contributed by atoms with Gasteiger partial charge < -0.3 is 20.4 Å². The molecule has 0 saturated heterocycles. The molecule has 3 aromatic rings. The first-order valence-corrected chi connectivity index (χ1v) is 11.7. The molecule has 0 saturated carbocycles. The molecule has 3 N–H and O–H groups in total. The van der Waals surface area contributed by atoms with Gasteiger partial charge >= 0.3 is 0 Å². The van der Waals surface area contributed by atoms with Gasteiger partial charge in [0.2, 0.25) is 0 Å². The van der Waals surface area contributed by atoms with E-state index in [2.05, 4.69) is 70.4 Å². The first-order valence-electron chi connectivity index (χ1n) is 9.76. The summed E-state index contributed by atoms with van der Waals surface area (Å²) in [5.74, 6) is 1.46. The molecule has 0 aliphatic carbocycles. The van der Waals surface area contributed by atoms with Crippen LogP contribution >= 0.6 is 34.4 Å². The van der Waals surface area contributed by atoms with Crippen LogP contribution in [0.25, 0.3) is 11.0 Å². The molecule has 2 aromatic heterocycles. The third kappa shape index (κ3) is 4.64. The van der Waals surface area contributed by atoms with Crippen molar-refractivity contribution in [3.8, 4) is 5.75 Å². The van der Waals surface area contributed by atoms with Crippen LogP contribution in [-0.4, -0.2) is 34.2 Å². The standard InChI is InChI=1S/C21H26IN5OS/c1-21(2,3)12-24-7-8-27-15-4-6-25-19(23)18(15)26-20(27)29-17-11-16-13(5-9-28-16)10-14(17)22/h4,6,10-11,24H,5,7-9,12H2,1-3H3,(H2,23,25)/i22+4. The molecule has 0 bridgehead atoms. The van der Waals surface area contributed by atoms with Crippen molar-refractivity contribution in [1.29, 1.82) is 0 Å². The number of nitrogen functional groups attached to an aromatic ring is 1. The minimum Gasteiger partial charge on any atom is -0.493 e. The Kier molecular flexibility index (Phi) is 5.94. The number of nitrogens with one attached hydrogen (secondary N) is 1. The Bertz CT molecular complexity index is 1040. The Labute approximate surface area is 189 Å². The molecule has 1 aromatic carbocycles. The number of rotatable bonds is 6. The zero-order valence-electron chi connectivity index (χ0n) is 17.0. The van der Waals surface area contributed by atoms with Gasteiger partial charge in [0, 0.05) is 40.7 Å². The van der Waals surface area contributed by atoms with Crippen LogP contribution in [0.4, 0.5) is 5.82 Å². The molecule has 1 aliphatic rings. The summed E-state index contributed by atoms with van der Waals surface area (Å²) in [6, 6.07) is 6.35. The number of fused-ring (bicyclic) bond motifs is 2. The number of aromatic nitrogens is 3. The van der Waals surface area contributed by atoms with Gasteiger partial charge in [0.05, 0.1) is 12.1 Å². The van der Waals surface area contributed by atoms with E-state index in [1.165, 1.54) is 9.13 Å². The molecule has 29 heavy (non-hydrogen) atoms. The zero-order chi connectivity index (χ0) is 20.6. The lowest BCUT2D eigenvalue weighted by atomic mass is 9.97. The van der Waals surface area contributed by atoms with Crippen molar-refractivity contribution in [2.45, 2.75) is 43.8 Å². The van der Waals surface area contributed by atoms with E-state index in [0.29, 0.717) is 5.82 Å². The smallest absolute Gasteiger partial charge is 0.174 e. The van der Waals surface area contributed by atoms with Crippen LogP contribution in [0.3, 0.4) is 0 Å². The zero-order valence-corrected chi connectivity index (χ0v) is 19.9. The van der Waals surface area contributed by atoms with E-state index in [4.69, 9.17) is 15.5 Å². The molecule has 3 heterocycles. The van der Waals surface area contributed by atoms with Gasteiger partial charge in [-0.15, -0.1) is 0 Å². The number of nitrogens with two attached hydrogens (primary N) is 1. The SMILES string of the molecule is CC(C)(C)CNCCn1c(Sc2cc3c(cc2[131I])CCO3)nc2c(N)nccc21. The molecule has 0 amide bonds. The minimum absolute atomic E-state index is 0.253. The Morgan fingerprint density at radius 3 is 2.97 bits per heavy atom. The predicted octanol–water partition coefficient (Wildman–Crippen LogP) is 4.34. The molecule has 0 unspecified atom stereocenters. The highest BCUT2D eigenvalue weighted by atomic mass is 131. The summed E-state index contributed by atoms with van der Waals surface area (Å²) < 4.78 is 9.22. The lowest BCUT2D eigenvalue weighted by Crippen LogP contribution is -2.29. The van der Waals surface area contributed by atoms with Crippen LogP contribution in [0, 0.1) is 8.99 Å². The second kappa shape index (κ2) is 8.31. The van der Waals surface area contributed by atoms with Crippen LogP contribution in [0.15, 0.2) is 34.4 Å². The van der Waals surface area contributed by atoms with Crippen LogP contribution in [0.5, 0.6) is 5.75 Å². The highest BCUT2D eigenvalue weighted by Crippen LogP contribution is 2.38. The fourth-order valence-electron chi connectivity index (χ4n) is 3.35. The van der Waals surface area contributed by atoms with Crippen molar-refractivity contribution in [2.24, 2.45) is 5.41 Å². The van der Waals surface area contributed by atoms with E-state index >= 15 is 0 Å². The Morgan fingerprint density at radius 2 is 2.17 bits per heavy atom. The number of ether oxygens (including phenoxy) is 1. The molecule has 8 heteroatoms. The average Bonchev–Trinajstić information content (AvgIpc) is 3.23.